The lowest BCUT2D eigenvalue weighted by Crippen LogP contribution is -2.48. The predicted octanol–water partition coefficient (Wildman–Crippen LogP) is 3.48. The summed E-state index contributed by atoms with van der Waals surface area (Å²) in [5, 5.41) is 5.04. The minimum atomic E-state index is -1.04. The number of aromatic nitrogens is 1. The number of amides is 3. The van der Waals surface area contributed by atoms with E-state index in [1.165, 1.54) is 36.4 Å². The summed E-state index contributed by atoms with van der Waals surface area (Å²) in [6, 6.07) is 7.30. The fraction of sp³-hybridized carbons (Fsp3) is 0.474. The second kappa shape index (κ2) is 9.88. The normalized spacial score (nSPS) is 15.8. The first-order valence-corrected chi connectivity index (χ1v) is 11.1. The smallest absolute Gasteiger partial charge is 0.321 e. The van der Waals surface area contributed by atoms with E-state index in [-0.39, 0.29) is 11.8 Å². The van der Waals surface area contributed by atoms with E-state index >= 15 is 0 Å². The Morgan fingerprint density at radius 1 is 1.25 bits per heavy atom. The number of carbonyl (C=O) groups excluding carboxylic acids is 3. The summed E-state index contributed by atoms with van der Waals surface area (Å²) in [4.78, 5) is 40.4. The number of thioether (sulfide) groups is 1. The highest BCUT2D eigenvalue weighted by molar-refractivity contribution is 8.01. The van der Waals surface area contributed by atoms with Gasteiger partial charge in [-0.25, -0.2) is 9.78 Å². The van der Waals surface area contributed by atoms with Crippen LogP contribution in [0.2, 0.25) is 0 Å². The molecule has 9 heteroatoms. The molecule has 2 aromatic rings. The van der Waals surface area contributed by atoms with Gasteiger partial charge in [0.2, 0.25) is 0 Å². The number of benzene rings is 1. The van der Waals surface area contributed by atoms with Crippen molar-refractivity contribution < 1.29 is 19.1 Å². The zero-order valence-corrected chi connectivity index (χ0v) is 17.2. The molecule has 7 nitrogen and oxygen atoms in total. The Balaban J connectivity index is 1.40. The van der Waals surface area contributed by atoms with Crippen molar-refractivity contribution in [2.45, 2.75) is 55.5 Å². The van der Waals surface area contributed by atoms with Crippen molar-refractivity contribution >= 4 is 51.2 Å². The number of para-hydroxylation sites is 1. The van der Waals surface area contributed by atoms with Crippen LogP contribution in [-0.2, 0) is 14.3 Å². The molecule has 150 valence electrons. The van der Waals surface area contributed by atoms with Crippen LogP contribution in [0, 0.1) is 0 Å². The Labute approximate surface area is 171 Å². The third-order valence-electron chi connectivity index (χ3n) is 4.44. The summed E-state index contributed by atoms with van der Waals surface area (Å²) >= 11 is 2.77. The van der Waals surface area contributed by atoms with Crippen LogP contribution in [0.5, 0.6) is 0 Å². The summed E-state index contributed by atoms with van der Waals surface area (Å²) in [6.45, 7) is 1.45. The molecule has 3 amide bonds. The van der Waals surface area contributed by atoms with E-state index in [1.807, 2.05) is 24.3 Å². The molecule has 0 aliphatic heterocycles. The Morgan fingerprint density at radius 3 is 2.75 bits per heavy atom. The third kappa shape index (κ3) is 5.93. The number of esters is 1. The first kappa shape index (κ1) is 20.6. The number of rotatable bonds is 6. The Hall–Kier alpha value is -2.13. The Bertz CT molecular complexity index is 816. The average Bonchev–Trinajstić information content (AvgIpc) is 3.10. The molecule has 2 N–H and O–H groups in total. The summed E-state index contributed by atoms with van der Waals surface area (Å²) in [6.07, 6.45) is 4.16. The number of hydrogen-bond donors (Lipinski definition) is 2. The van der Waals surface area contributed by atoms with Crippen LogP contribution >= 0.6 is 23.1 Å². The summed E-state index contributed by atoms with van der Waals surface area (Å²) in [7, 11) is 0. The van der Waals surface area contributed by atoms with Crippen LogP contribution in [0.3, 0.4) is 0 Å². The first-order valence-electron chi connectivity index (χ1n) is 9.30. The fourth-order valence-electron chi connectivity index (χ4n) is 3.00. The maximum Gasteiger partial charge on any atom is 0.321 e. The number of carbonyl (C=O) groups is 3. The highest BCUT2D eigenvalue weighted by Crippen LogP contribution is 2.29. The van der Waals surface area contributed by atoms with Crippen molar-refractivity contribution in [3.63, 3.8) is 0 Å². The SMILES string of the molecule is C[C@H](OC(=O)CSc1nc2ccccc2s1)C(=O)NC(=O)NC1CCCCC1. The summed E-state index contributed by atoms with van der Waals surface area (Å²) < 4.78 is 6.94. The first-order chi connectivity index (χ1) is 13.5. The molecule has 1 fully saturated rings. The van der Waals surface area contributed by atoms with E-state index in [4.69, 9.17) is 4.74 Å². The second-order valence-electron chi connectivity index (χ2n) is 6.67. The van der Waals surface area contributed by atoms with Gasteiger partial charge in [0.05, 0.1) is 16.0 Å². The maximum atomic E-state index is 12.1. The van der Waals surface area contributed by atoms with Crippen LogP contribution in [0.15, 0.2) is 28.6 Å². The summed E-state index contributed by atoms with van der Waals surface area (Å²) in [5.41, 5.74) is 0.889. The molecule has 1 aliphatic carbocycles. The van der Waals surface area contributed by atoms with E-state index in [0.717, 1.165) is 40.2 Å². The summed E-state index contributed by atoms with van der Waals surface area (Å²) in [5.74, 6) is -1.11. The molecule has 1 atom stereocenters. The highest BCUT2D eigenvalue weighted by atomic mass is 32.2. The van der Waals surface area contributed by atoms with E-state index in [9.17, 15) is 14.4 Å². The molecular weight excluding hydrogens is 398 g/mol. The van der Waals surface area contributed by atoms with Crippen molar-refractivity contribution in [3.05, 3.63) is 24.3 Å². The van der Waals surface area contributed by atoms with Gasteiger partial charge < -0.3 is 10.1 Å². The number of fused-ring (bicyclic) bond motifs is 1. The number of nitrogens with one attached hydrogen (secondary N) is 2. The van der Waals surface area contributed by atoms with Crippen LogP contribution in [0.1, 0.15) is 39.0 Å². The number of nitrogens with zero attached hydrogens (tertiary/aromatic N) is 1. The molecule has 0 bridgehead atoms. The highest BCUT2D eigenvalue weighted by Gasteiger charge is 2.22. The maximum absolute atomic E-state index is 12.1. The van der Waals surface area contributed by atoms with Gasteiger partial charge in [-0.3, -0.25) is 14.9 Å². The van der Waals surface area contributed by atoms with E-state index < -0.39 is 24.0 Å². The Kier molecular flexibility index (Phi) is 7.27. The second-order valence-corrected chi connectivity index (χ2v) is 8.92. The van der Waals surface area contributed by atoms with Crippen molar-refractivity contribution in [1.29, 1.82) is 0 Å². The molecule has 1 heterocycles. The topological polar surface area (TPSA) is 97.4 Å². The number of ether oxygens (including phenoxy) is 1. The third-order valence-corrected chi connectivity index (χ3v) is 6.60. The van der Waals surface area contributed by atoms with E-state index in [0.29, 0.717) is 0 Å². The van der Waals surface area contributed by atoms with Crippen LogP contribution < -0.4 is 10.6 Å². The van der Waals surface area contributed by atoms with Gasteiger partial charge in [0.1, 0.15) is 0 Å². The van der Waals surface area contributed by atoms with Gasteiger partial charge in [0.15, 0.2) is 10.4 Å². The quantitative estimate of drug-likeness (QED) is 0.547. The van der Waals surface area contributed by atoms with Gasteiger partial charge >= 0.3 is 12.0 Å². The van der Waals surface area contributed by atoms with Gasteiger partial charge in [0, 0.05) is 6.04 Å². The zero-order valence-electron chi connectivity index (χ0n) is 15.6. The molecule has 28 heavy (non-hydrogen) atoms. The van der Waals surface area contributed by atoms with Gasteiger partial charge in [-0.05, 0) is 31.9 Å². The average molecular weight is 422 g/mol. The molecule has 1 aliphatic rings. The number of hydrogen-bond acceptors (Lipinski definition) is 7. The van der Waals surface area contributed by atoms with E-state index in [1.54, 1.807) is 0 Å². The molecule has 1 aromatic carbocycles. The van der Waals surface area contributed by atoms with Crippen LogP contribution in [0.25, 0.3) is 10.2 Å². The number of imide groups is 1. The minimum absolute atomic E-state index is 0.0473. The molecule has 0 saturated heterocycles. The lowest BCUT2D eigenvalue weighted by molar-refractivity contribution is -0.151. The van der Waals surface area contributed by atoms with Crippen molar-refractivity contribution in [3.8, 4) is 0 Å². The predicted molar refractivity (Wildman–Crippen MR) is 109 cm³/mol. The lowest BCUT2D eigenvalue weighted by Gasteiger charge is -2.23. The van der Waals surface area contributed by atoms with Gasteiger partial charge in [-0.15, -0.1) is 11.3 Å². The van der Waals surface area contributed by atoms with Crippen LogP contribution in [0.4, 0.5) is 4.79 Å². The van der Waals surface area contributed by atoms with Crippen molar-refractivity contribution in [1.82, 2.24) is 15.6 Å². The number of urea groups is 1. The molecule has 0 unspecified atom stereocenters. The van der Waals surface area contributed by atoms with Gasteiger partial charge in [-0.2, -0.15) is 0 Å². The van der Waals surface area contributed by atoms with Gasteiger partial charge in [0.25, 0.3) is 5.91 Å². The monoisotopic (exact) mass is 421 g/mol. The lowest BCUT2D eigenvalue weighted by atomic mass is 9.96. The zero-order chi connectivity index (χ0) is 19.9. The Morgan fingerprint density at radius 2 is 2.00 bits per heavy atom. The number of thiazole rings is 1. The van der Waals surface area contributed by atoms with Crippen molar-refractivity contribution in [2.24, 2.45) is 0 Å². The van der Waals surface area contributed by atoms with E-state index in [2.05, 4.69) is 15.6 Å². The molecule has 0 radical (unpaired) electrons. The van der Waals surface area contributed by atoms with Gasteiger partial charge in [-0.1, -0.05) is 43.2 Å². The molecule has 1 aromatic heterocycles. The minimum Gasteiger partial charge on any atom is -0.452 e. The standard InChI is InChI=1S/C19H23N3O4S2/c1-12(17(24)22-18(25)20-13-7-3-2-4-8-13)26-16(23)11-27-19-21-14-9-5-6-10-15(14)28-19/h5-6,9-10,12-13H,2-4,7-8,11H2,1H3,(H2,20,22,24,25)/t12-/m0/s1. The fourth-order valence-corrected chi connectivity index (χ4v) is 4.85. The van der Waals surface area contributed by atoms with Crippen molar-refractivity contribution in [2.75, 3.05) is 5.75 Å². The van der Waals surface area contributed by atoms with Crippen LogP contribution in [-0.4, -0.2) is 40.8 Å². The molecule has 3 rings (SSSR count). The molecule has 1 saturated carbocycles. The largest absolute Gasteiger partial charge is 0.452 e. The molecular formula is C19H23N3O4S2. The molecule has 0 spiro atoms.